The molecule has 2 heteroatoms. The molecule has 2 aromatic carbocycles. The molecule has 142 valence electrons. The summed E-state index contributed by atoms with van der Waals surface area (Å²) in [5.41, 5.74) is 12.6. The van der Waals surface area contributed by atoms with Gasteiger partial charge >= 0.3 is 0 Å². The second kappa shape index (κ2) is 6.92. The van der Waals surface area contributed by atoms with Gasteiger partial charge in [-0.2, -0.15) is 0 Å². The minimum atomic E-state index is 1.31. The molecule has 4 rings (SSSR count). The van der Waals surface area contributed by atoms with Crippen LogP contribution in [-0.2, 0) is 14.1 Å². The van der Waals surface area contributed by atoms with Crippen molar-refractivity contribution < 1.29 is 0 Å². The van der Waals surface area contributed by atoms with Crippen molar-refractivity contribution in [3.63, 3.8) is 0 Å². The van der Waals surface area contributed by atoms with E-state index in [2.05, 4.69) is 102 Å². The summed E-state index contributed by atoms with van der Waals surface area (Å²) >= 11 is 0. The van der Waals surface area contributed by atoms with Gasteiger partial charge in [-0.15, -0.1) is 0 Å². The van der Waals surface area contributed by atoms with Crippen LogP contribution in [0, 0.1) is 48.5 Å². The molecule has 0 unspecified atom stereocenters. The lowest BCUT2D eigenvalue weighted by Gasteiger charge is -2.12. The second-order valence-electron chi connectivity index (χ2n) is 7.90. The average Bonchev–Trinajstić information content (AvgIpc) is 3.07. The van der Waals surface area contributed by atoms with E-state index in [4.69, 9.17) is 0 Å². The molecule has 2 nitrogen and oxygen atoms in total. The van der Waals surface area contributed by atoms with Crippen molar-refractivity contribution in [2.75, 3.05) is 0 Å². The van der Waals surface area contributed by atoms with Crippen molar-refractivity contribution in [1.29, 1.82) is 0 Å². The smallest absolute Gasteiger partial charge is 0.0517 e. The van der Waals surface area contributed by atoms with E-state index in [1.807, 2.05) is 0 Å². The molecule has 0 N–H and O–H groups in total. The Labute approximate surface area is 163 Å². The van der Waals surface area contributed by atoms with Crippen molar-refractivity contribution >= 4 is 21.8 Å². The minimum absolute atomic E-state index is 1.31. The Morgan fingerprint density at radius 1 is 0.630 bits per heavy atom. The number of hydrogen-bond donors (Lipinski definition) is 0. The molecule has 4 aromatic rings. The standard InChI is InChI=1S/C15H21N.C10H11N/c1-8-9(2)11(4)15-14(10(8)3)12(5)13(6)16(15)7;1-8-7-9-5-3-4-6-10(9)11(8)2/h1-7H3;3-7H,1-2H3. The highest BCUT2D eigenvalue weighted by Crippen LogP contribution is 2.34. The van der Waals surface area contributed by atoms with Crippen LogP contribution in [0.5, 0.6) is 0 Å². The Morgan fingerprint density at radius 3 is 1.85 bits per heavy atom. The normalized spacial score (nSPS) is 11.1. The van der Waals surface area contributed by atoms with Crippen LogP contribution in [0.15, 0.2) is 30.3 Å². The summed E-state index contributed by atoms with van der Waals surface area (Å²) in [6, 6.07) is 10.6. The van der Waals surface area contributed by atoms with Gasteiger partial charge in [0.15, 0.2) is 0 Å². The topological polar surface area (TPSA) is 9.86 Å². The first-order valence-electron chi connectivity index (χ1n) is 9.69. The summed E-state index contributed by atoms with van der Waals surface area (Å²) in [6.45, 7) is 15.5. The van der Waals surface area contributed by atoms with E-state index in [9.17, 15) is 0 Å². The van der Waals surface area contributed by atoms with Crippen LogP contribution < -0.4 is 0 Å². The number of hydrogen-bond acceptors (Lipinski definition) is 0. The van der Waals surface area contributed by atoms with E-state index in [0.717, 1.165) is 0 Å². The van der Waals surface area contributed by atoms with E-state index >= 15 is 0 Å². The largest absolute Gasteiger partial charge is 0.348 e. The van der Waals surface area contributed by atoms with Gasteiger partial charge in [0.05, 0.1) is 5.52 Å². The third kappa shape index (κ3) is 2.97. The molecule has 0 spiro atoms. The predicted molar refractivity (Wildman–Crippen MR) is 119 cm³/mol. The molecule has 0 saturated heterocycles. The Kier molecular flexibility index (Phi) is 4.94. The quantitative estimate of drug-likeness (QED) is 0.338. The van der Waals surface area contributed by atoms with Gasteiger partial charge in [-0.05, 0) is 93.8 Å². The molecule has 0 fully saturated rings. The number of aryl methyl sites for hydroxylation is 6. The first-order valence-corrected chi connectivity index (χ1v) is 9.69. The fourth-order valence-electron chi connectivity index (χ4n) is 4.20. The summed E-state index contributed by atoms with van der Waals surface area (Å²) in [4.78, 5) is 0. The molecule has 0 aliphatic rings. The highest BCUT2D eigenvalue weighted by atomic mass is 14.9. The first-order chi connectivity index (χ1) is 12.7. The van der Waals surface area contributed by atoms with Crippen LogP contribution >= 0.6 is 0 Å². The highest BCUT2D eigenvalue weighted by molar-refractivity contribution is 5.92. The average molecular weight is 361 g/mol. The predicted octanol–water partition coefficient (Wildman–Crippen LogP) is 6.52. The van der Waals surface area contributed by atoms with E-state index < -0.39 is 0 Å². The van der Waals surface area contributed by atoms with Crippen molar-refractivity contribution in [3.05, 3.63) is 69.5 Å². The van der Waals surface area contributed by atoms with Gasteiger partial charge in [-0.1, -0.05) is 18.2 Å². The Bertz CT molecular complexity index is 1100. The van der Waals surface area contributed by atoms with E-state index in [1.54, 1.807) is 0 Å². The van der Waals surface area contributed by atoms with E-state index in [0.29, 0.717) is 0 Å². The van der Waals surface area contributed by atoms with Crippen LogP contribution in [0.25, 0.3) is 21.8 Å². The number of fused-ring (bicyclic) bond motifs is 2. The van der Waals surface area contributed by atoms with Crippen molar-refractivity contribution in [1.82, 2.24) is 9.13 Å². The third-order valence-electron chi connectivity index (χ3n) is 6.60. The number of rotatable bonds is 0. The van der Waals surface area contributed by atoms with Crippen LogP contribution in [0.3, 0.4) is 0 Å². The molecule has 0 amide bonds. The molecule has 2 heterocycles. The van der Waals surface area contributed by atoms with Gasteiger partial charge < -0.3 is 9.13 Å². The lowest BCUT2D eigenvalue weighted by atomic mass is 9.94. The van der Waals surface area contributed by atoms with Crippen molar-refractivity contribution in [2.24, 2.45) is 14.1 Å². The van der Waals surface area contributed by atoms with Gasteiger partial charge in [0.1, 0.15) is 0 Å². The van der Waals surface area contributed by atoms with Crippen LogP contribution in [0.4, 0.5) is 0 Å². The lowest BCUT2D eigenvalue weighted by Crippen LogP contribution is -1.97. The van der Waals surface area contributed by atoms with Gasteiger partial charge in [-0.25, -0.2) is 0 Å². The zero-order chi connectivity index (χ0) is 20.0. The molecule has 2 aromatic heterocycles. The summed E-state index contributed by atoms with van der Waals surface area (Å²) in [5.74, 6) is 0. The van der Waals surface area contributed by atoms with Gasteiger partial charge in [0.2, 0.25) is 0 Å². The van der Waals surface area contributed by atoms with Gasteiger partial charge in [-0.3, -0.25) is 0 Å². The summed E-state index contributed by atoms with van der Waals surface area (Å²) < 4.78 is 4.54. The molecule has 27 heavy (non-hydrogen) atoms. The second-order valence-corrected chi connectivity index (χ2v) is 7.90. The molecular formula is C25H32N2. The molecular weight excluding hydrogens is 328 g/mol. The van der Waals surface area contributed by atoms with Gasteiger partial charge in [0.25, 0.3) is 0 Å². The lowest BCUT2D eigenvalue weighted by molar-refractivity contribution is 0.905. The zero-order valence-corrected chi connectivity index (χ0v) is 18.3. The molecule has 0 aliphatic heterocycles. The summed E-state index contributed by atoms with van der Waals surface area (Å²) in [7, 11) is 4.27. The Balaban J connectivity index is 0.000000166. The molecule has 0 bridgehead atoms. The van der Waals surface area contributed by atoms with E-state index in [-0.39, 0.29) is 0 Å². The maximum atomic E-state index is 2.33. The number of nitrogens with zero attached hydrogens (tertiary/aromatic N) is 2. The monoisotopic (exact) mass is 360 g/mol. The van der Waals surface area contributed by atoms with Crippen LogP contribution in [-0.4, -0.2) is 9.13 Å². The number of para-hydroxylation sites is 1. The fraction of sp³-hybridized carbons (Fsp3) is 0.360. The van der Waals surface area contributed by atoms with Gasteiger partial charge in [0, 0.05) is 36.4 Å². The third-order valence-corrected chi connectivity index (χ3v) is 6.60. The molecule has 0 saturated carbocycles. The maximum Gasteiger partial charge on any atom is 0.0517 e. The molecule has 0 aliphatic carbocycles. The summed E-state index contributed by atoms with van der Waals surface area (Å²) in [6.07, 6.45) is 0. The molecule has 0 radical (unpaired) electrons. The van der Waals surface area contributed by atoms with Crippen LogP contribution in [0.2, 0.25) is 0 Å². The van der Waals surface area contributed by atoms with Crippen LogP contribution in [0.1, 0.15) is 39.2 Å². The summed E-state index contributed by atoms with van der Waals surface area (Å²) in [5, 5.41) is 2.79. The highest BCUT2D eigenvalue weighted by Gasteiger charge is 2.16. The first kappa shape index (κ1) is 19.3. The van der Waals surface area contributed by atoms with Crippen molar-refractivity contribution in [2.45, 2.75) is 48.5 Å². The Morgan fingerprint density at radius 2 is 1.22 bits per heavy atom. The number of aromatic nitrogens is 2. The fourth-order valence-corrected chi connectivity index (χ4v) is 4.20. The van der Waals surface area contributed by atoms with E-state index in [1.165, 1.54) is 61.0 Å². The maximum absolute atomic E-state index is 2.33. The minimum Gasteiger partial charge on any atom is -0.348 e. The zero-order valence-electron chi connectivity index (χ0n) is 18.3. The van der Waals surface area contributed by atoms with Crippen molar-refractivity contribution in [3.8, 4) is 0 Å². The molecule has 0 atom stereocenters. The SMILES string of the molecule is Cc1c(C)c(C)c2c(c1C)c(C)c(C)n2C.Cc1cc2ccccc2n1C. The number of benzene rings is 2. The Hall–Kier alpha value is -2.48.